The van der Waals surface area contributed by atoms with Gasteiger partial charge in [0.2, 0.25) is 0 Å². The van der Waals surface area contributed by atoms with E-state index < -0.39 is 6.61 Å². The minimum atomic E-state index is -2.80. The van der Waals surface area contributed by atoms with Crippen LogP contribution in [0.5, 0.6) is 11.5 Å². The van der Waals surface area contributed by atoms with Crippen LogP contribution in [0.1, 0.15) is 63.0 Å². The molecule has 0 aromatic heterocycles. The Kier molecular flexibility index (Phi) is 10.1. The Bertz CT molecular complexity index is 679. The van der Waals surface area contributed by atoms with E-state index in [0.717, 1.165) is 29.9 Å². The molecule has 0 bridgehead atoms. The van der Waals surface area contributed by atoms with E-state index in [1.54, 1.807) is 12.1 Å². The van der Waals surface area contributed by atoms with Gasteiger partial charge >= 0.3 is 6.61 Å². The molecule has 0 aliphatic carbocycles. The molecule has 2 rings (SSSR count). The molecule has 0 saturated heterocycles. The Balaban J connectivity index is 1.69. The third kappa shape index (κ3) is 9.03. The van der Waals surface area contributed by atoms with Crippen LogP contribution < -0.4 is 9.47 Å². The molecule has 0 atom stereocenters. The van der Waals surface area contributed by atoms with E-state index in [2.05, 4.69) is 11.7 Å². The molecule has 2 aromatic carbocycles. The van der Waals surface area contributed by atoms with Crippen LogP contribution in [0, 0.1) is 0 Å². The van der Waals surface area contributed by atoms with Gasteiger partial charge < -0.3 is 9.47 Å². The summed E-state index contributed by atoms with van der Waals surface area (Å²) in [5.74, 6) is 1.05. The molecule has 0 radical (unpaired) electrons. The maximum Gasteiger partial charge on any atom is 0.387 e. The van der Waals surface area contributed by atoms with E-state index in [4.69, 9.17) is 4.74 Å². The van der Waals surface area contributed by atoms with Crippen LogP contribution in [0.3, 0.4) is 0 Å². The Morgan fingerprint density at radius 1 is 0.714 bits per heavy atom. The number of hydrogen-bond acceptors (Lipinski definition) is 2. The SMILES string of the molecule is CCCCCCCCCOc1ccc(C=Cc2ccc(OC(F)F)cc2)cc1. The Morgan fingerprint density at radius 3 is 1.75 bits per heavy atom. The van der Waals surface area contributed by atoms with Crippen LogP contribution >= 0.6 is 0 Å². The van der Waals surface area contributed by atoms with Gasteiger partial charge in [-0.2, -0.15) is 8.78 Å². The largest absolute Gasteiger partial charge is 0.494 e. The number of ether oxygens (including phenoxy) is 2. The van der Waals surface area contributed by atoms with Gasteiger partial charge in [0, 0.05) is 0 Å². The zero-order valence-electron chi connectivity index (χ0n) is 16.6. The number of hydrogen-bond donors (Lipinski definition) is 0. The van der Waals surface area contributed by atoms with Crippen molar-refractivity contribution in [2.45, 2.75) is 58.5 Å². The maximum absolute atomic E-state index is 12.1. The molecule has 0 N–H and O–H groups in total. The lowest BCUT2D eigenvalue weighted by molar-refractivity contribution is -0.0498. The van der Waals surface area contributed by atoms with Crippen molar-refractivity contribution in [2.24, 2.45) is 0 Å². The van der Waals surface area contributed by atoms with Crippen molar-refractivity contribution in [2.75, 3.05) is 6.61 Å². The van der Waals surface area contributed by atoms with Crippen molar-refractivity contribution in [3.63, 3.8) is 0 Å². The quantitative estimate of drug-likeness (QED) is 0.260. The molecule has 2 nitrogen and oxygen atoms in total. The summed E-state index contributed by atoms with van der Waals surface area (Å²) in [6.45, 7) is 0.198. The zero-order chi connectivity index (χ0) is 20.0. The van der Waals surface area contributed by atoms with E-state index in [1.165, 1.54) is 50.7 Å². The van der Waals surface area contributed by atoms with E-state index in [1.807, 2.05) is 36.4 Å². The minimum Gasteiger partial charge on any atom is -0.494 e. The summed E-state index contributed by atoms with van der Waals surface area (Å²) < 4.78 is 34.4. The maximum atomic E-state index is 12.1. The highest BCUT2D eigenvalue weighted by molar-refractivity contribution is 5.70. The normalized spacial score (nSPS) is 11.3. The summed E-state index contributed by atoms with van der Waals surface area (Å²) in [7, 11) is 0. The molecule has 4 heteroatoms. The summed E-state index contributed by atoms with van der Waals surface area (Å²) in [6, 6.07) is 14.5. The first kappa shape index (κ1) is 21.9. The van der Waals surface area contributed by atoms with E-state index in [9.17, 15) is 8.78 Å². The molecule has 28 heavy (non-hydrogen) atoms. The molecule has 0 fully saturated rings. The van der Waals surface area contributed by atoms with Crippen LogP contribution in [-0.4, -0.2) is 13.2 Å². The van der Waals surface area contributed by atoms with Crippen molar-refractivity contribution in [1.29, 1.82) is 0 Å². The van der Waals surface area contributed by atoms with E-state index in [0.29, 0.717) is 0 Å². The number of alkyl halides is 2. The first-order chi connectivity index (χ1) is 13.7. The van der Waals surface area contributed by atoms with Gasteiger partial charge in [-0.3, -0.25) is 0 Å². The molecule has 0 aliphatic rings. The molecule has 0 unspecified atom stereocenters. The average Bonchev–Trinajstić information content (AvgIpc) is 2.70. The summed E-state index contributed by atoms with van der Waals surface area (Å²) in [5.41, 5.74) is 1.97. The fraction of sp³-hybridized carbons (Fsp3) is 0.417. The predicted octanol–water partition coefficient (Wildman–Crippen LogP) is 7.59. The third-order valence-electron chi connectivity index (χ3n) is 4.47. The van der Waals surface area contributed by atoms with Gasteiger partial charge in [0.15, 0.2) is 0 Å². The first-order valence-electron chi connectivity index (χ1n) is 10.1. The van der Waals surface area contributed by atoms with Gasteiger partial charge in [0.1, 0.15) is 11.5 Å². The molecule has 0 spiro atoms. The van der Waals surface area contributed by atoms with Crippen LogP contribution in [0.4, 0.5) is 8.78 Å². The van der Waals surface area contributed by atoms with Gasteiger partial charge in [-0.15, -0.1) is 0 Å². The van der Waals surface area contributed by atoms with Gasteiger partial charge in [-0.05, 0) is 41.8 Å². The smallest absolute Gasteiger partial charge is 0.387 e. The van der Waals surface area contributed by atoms with Crippen LogP contribution in [-0.2, 0) is 0 Å². The predicted molar refractivity (Wildman–Crippen MR) is 112 cm³/mol. The van der Waals surface area contributed by atoms with Crippen molar-refractivity contribution < 1.29 is 18.3 Å². The first-order valence-corrected chi connectivity index (χ1v) is 10.1. The van der Waals surface area contributed by atoms with Crippen molar-refractivity contribution in [3.05, 3.63) is 59.7 Å². The number of halogens is 2. The van der Waals surface area contributed by atoms with Gasteiger partial charge in [0.25, 0.3) is 0 Å². The highest BCUT2D eigenvalue weighted by atomic mass is 19.3. The molecule has 2 aromatic rings. The molecular weight excluding hydrogens is 358 g/mol. The van der Waals surface area contributed by atoms with E-state index in [-0.39, 0.29) is 5.75 Å². The monoisotopic (exact) mass is 388 g/mol. The molecule has 152 valence electrons. The van der Waals surface area contributed by atoms with Gasteiger partial charge in [-0.1, -0.05) is 81.9 Å². The van der Waals surface area contributed by atoms with Crippen LogP contribution in [0.25, 0.3) is 12.2 Å². The summed E-state index contributed by atoms with van der Waals surface area (Å²) >= 11 is 0. The van der Waals surface area contributed by atoms with Crippen LogP contribution in [0.2, 0.25) is 0 Å². The topological polar surface area (TPSA) is 18.5 Å². The summed E-state index contributed by atoms with van der Waals surface area (Å²) in [4.78, 5) is 0. The molecule has 0 aliphatic heterocycles. The highest BCUT2D eigenvalue weighted by Gasteiger charge is 2.02. The zero-order valence-corrected chi connectivity index (χ0v) is 16.6. The summed E-state index contributed by atoms with van der Waals surface area (Å²) in [6.07, 6.45) is 12.8. The fourth-order valence-corrected chi connectivity index (χ4v) is 2.88. The second-order valence-electron chi connectivity index (χ2n) is 6.82. The molecule has 0 amide bonds. The lowest BCUT2D eigenvalue weighted by Gasteiger charge is -2.06. The van der Waals surface area contributed by atoms with Crippen molar-refractivity contribution in [3.8, 4) is 11.5 Å². The Labute approximate surface area is 167 Å². The number of rotatable bonds is 13. The highest BCUT2D eigenvalue weighted by Crippen LogP contribution is 2.18. The fourth-order valence-electron chi connectivity index (χ4n) is 2.88. The molecular formula is C24H30F2O2. The average molecular weight is 388 g/mol. The Morgan fingerprint density at radius 2 is 1.21 bits per heavy atom. The molecule has 0 heterocycles. The van der Waals surface area contributed by atoms with E-state index >= 15 is 0 Å². The lowest BCUT2D eigenvalue weighted by Crippen LogP contribution is -2.01. The number of unbranched alkanes of at least 4 members (excludes halogenated alkanes) is 6. The number of benzene rings is 2. The third-order valence-corrected chi connectivity index (χ3v) is 4.47. The second kappa shape index (κ2) is 12.9. The lowest BCUT2D eigenvalue weighted by atomic mass is 10.1. The second-order valence-corrected chi connectivity index (χ2v) is 6.82. The van der Waals surface area contributed by atoms with Crippen LogP contribution in [0.15, 0.2) is 48.5 Å². The molecule has 0 saturated carbocycles. The Hall–Kier alpha value is -2.36. The van der Waals surface area contributed by atoms with Crippen molar-refractivity contribution in [1.82, 2.24) is 0 Å². The van der Waals surface area contributed by atoms with Gasteiger partial charge in [-0.25, -0.2) is 0 Å². The van der Waals surface area contributed by atoms with Crippen molar-refractivity contribution >= 4 is 12.2 Å². The summed E-state index contributed by atoms with van der Waals surface area (Å²) in [5, 5.41) is 0. The standard InChI is InChI=1S/C24H30F2O2/c1-2-3-4-5-6-7-8-19-27-22-15-11-20(12-16-22)9-10-21-13-17-23(18-14-21)28-24(25)26/h9-18,24H,2-8,19H2,1H3. The minimum absolute atomic E-state index is 0.162. The van der Waals surface area contributed by atoms with Gasteiger partial charge in [0.05, 0.1) is 6.61 Å².